The topological polar surface area (TPSA) is 81.9 Å². The van der Waals surface area contributed by atoms with Gasteiger partial charge in [0.1, 0.15) is 11.6 Å². The van der Waals surface area contributed by atoms with Crippen LogP contribution in [-0.4, -0.2) is 31.4 Å². The lowest BCUT2D eigenvalue weighted by Gasteiger charge is -2.14. The van der Waals surface area contributed by atoms with Crippen molar-refractivity contribution in [1.82, 2.24) is 19.7 Å². The summed E-state index contributed by atoms with van der Waals surface area (Å²) in [5.41, 5.74) is 0. The highest BCUT2D eigenvalue weighted by molar-refractivity contribution is 9.10. The molecular formula is C18H17BrClN5O2S. The van der Waals surface area contributed by atoms with Gasteiger partial charge in [0.2, 0.25) is 5.91 Å². The summed E-state index contributed by atoms with van der Waals surface area (Å²) in [5.74, 6) is 1.85. The molecule has 1 N–H and O–H groups in total. The van der Waals surface area contributed by atoms with Crippen molar-refractivity contribution in [1.29, 1.82) is 0 Å². The first-order valence-corrected chi connectivity index (χ1v) is 10.4. The van der Waals surface area contributed by atoms with E-state index in [2.05, 4.69) is 36.4 Å². The molecule has 0 fully saturated rings. The van der Waals surface area contributed by atoms with Gasteiger partial charge in [-0.25, -0.2) is 4.98 Å². The van der Waals surface area contributed by atoms with E-state index < -0.39 is 0 Å². The number of amides is 1. The van der Waals surface area contributed by atoms with Crippen molar-refractivity contribution >= 4 is 51.0 Å². The summed E-state index contributed by atoms with van der Waals surface area (Å²) in [6.07, 6.45) is 1.19. The van der Waals surface area contributed by atoms with Crippen LogP contribution in [0.2, 0.25) is 5.02 Å². The Morgan fingerprint density at radius 1 is 1.29 bits per heavy atom. The SMILES string of the molecule is CC(Oc1ccc(Br)cc1)c1nnc(SCC(=O)Nc2ccc(Cl)cn2)n1C. The standard InChI is InChI=1S/C18H17BrClN5O2S/c1-11(27-14-6-3-12(19)4-7-14)17-23-24-18(25(17)2)28-10-16(26)22-15-8-5-13(20)9-21-15/h3-9,11H,10H2,1-2H3,(H,21,22,26). The molecule has 1 atom stereocenters. The third kappa shape index (κ3) is 5.46. The largest absolute Gasteiger partial charge is 0.483 e. The van der Waals surface area contributed by atoms with Gasteiger partial charge < -0.3 is 14.6 Å². The molecule has 0 saturated heterocycles. The molecule has 3 aromatic rings. The quantitative estimate of drug-likeness (QED) is 0.499. The highest BCUT2D eigenvalue weighted by Gasteiger charge is 2.18. The molecule has 146 valence electrons. The Labute approximate surface area is 180 Å². The predicted molar refractivity (Wildman–Crippen MR) is 113 cm³/mol. The van der Waals surface area contributed by atoms with E-state index in [0.29, 0.717) is 21.8 Å². The molecule has 0 aliphatic heterocycles. The van der Waals surface area contributed by atoms with Crippen molar-refractivity contribution < 1.29 is 9.53 Å². The number of hydrogen-bond donors (Lipinski definition) is 1. The van der Waals surface area contributed by atoms with Crippen LogP contribution >= 0.6 is 39.3 Å². The number of pyridine rings is 1. The Morgan fingerprint density at radius 2 is 2.04 bits per heavy atom. The van der Waals surface area contributed by atoms with Crippen LogP contribution < -0.4 is 10.1 Å². The van der Waals surface area contributed by atoms with E-state index in [-0.39, 0.29) is 17.8 Å². The van der Waals surface area contributed by atoms with Crippen molar-refractivity contribution in [3.63, 3.8) is 0 Å². The number of ether oxygens (including phenoxy) is 1. The minimum atomic E-state index is -0.292. The Hall–Kier alpha value is -2.10. The van der Waals surface area contributed by atoms with Crippen LogP contribution in [0.5, 0.6) is 5.75 Å². The summed E-state index contributed by atoms with van der Waals surface area (Å²) >= 11 is 10.5. The molecule has 0 spiro atoms. The number of benzene rings is 1. The average molecular weight is 483 g/mol. The van der Waals surface area contributed by atoms with E-state index in [9.17, 15) is 4.79 Å². The molecule has 0 saturated carbocycles. The molecule has 0 radical (unpaired) electrons. The number of halogens is 2. The van der Waals surface area contributed by atoms with Crippen molar-refractivity contribution in [2.45, 2.75) is 18.2 Å². The first kappa shape index (κ1) is 20.6. The minimum absolute atomic E-state index is 0.179. The Morgan fingerprint density at radius 3 is 2.71 bits per heavy atom. The number of thioether (sulfide) groups is 1. The van der Waals surface area contributed by atoms with Gasteiger partial charge in [-0.05, 0) is 43.3 Å². The predicted octanol–water partition coefficient (Wildman–Crippen LogP) is 4.50. The third-order valence-electron chi connectivity index (χ3n) is 3.69. The molecule has 10 heteroatoms. The lowest BCUT2D eigenvalue weighted by molar-refractivity contribution is -0.113. The summed E-state index contributed by atoms with van der Waals surface area (Å²) in [6, 6.07) is 10.9. The van der Waals surface area contributed by atoms with Crippen LogP contribution in [0.15, 0.2) is 52.2 Å². The molecule has 2 heterocycles. The van der Waals surface area contributed by atoms with E-state index in [0.717, 1.165) is 10.2 Å². The molecule has 2 aromatic heterocycles. The van der Waals surface area contributed by atoms with E-state index in [1.54, 1.807) is 12.1 Å². The van der Waals surface area contributed by atoms with Crippen LogP contribution in [0, 0.1) is 0 Å². The maximum Gasteiger partial charge on any atom is 0.236 e. The van der Waals surface area contributed by atoms with Gasteiger partial charge in [0.15, 0.2) is 17.1 Å². The van der Waals surface area contributed by atoms with Gasteiger partial charge in [-0.2, -0.15) is 0 Å². The number of nitrogens with one attached hydrogen (secondary N) is 1. The number of carbonyl (C=O) groups excluding carboxylic acids is 1. The number of hydrogen-bond acceptors (Lipinski definition) is 6. The van der Waals surface area contributed by atoms with E-state index >= 15 is 0 Å². The molecule has 0 aliphatic carbocycles. The van der Waals surface area contributed by atoms with Gasteiger partial charge >= 0.3 is 0 Å². The van der Waals surface area contributed by atoms with Crippen LogP contribution in [-0.2, 0) is 11.8 Å². The summed E-state index contributed by atoms with van der Waals surface area (Å²) in [4.78, 5) is 16.1. The van der Waals surface area contributed by atoms with Gasteiger partial charge in [-0.1, -0.05) is 39.3 Å². The molecule has 28 heavy (non-hydrogen) atoms. The maximum atomic E-state index is 12.1. The fourth-order valence-electron chi connectivity index (χ4n) is 2.33. The first-order chi connectivity index (χ1) is 13.4. The Kier molecular flexibility index (Phi) is 6.93. The molecule has 1 aromatic carbocycles. The van der Waals surface area contributed by atoms with Crippen LogP contribution in [0.1, 0.15) is 18.9 Å². The highest BCUT2D eigenvalue weighted by atomic mass is 79.9. The number of anilines is 1. The molecule has 0 bridgehead atoms. The lowest BCUT2D eigenvalue weighted by atomic mass is 10.3. The Bertz CT molecular complexity index is 950. The second-order valence-electron chi connectivity index (χ2n) is 5.81. The summed E-state index contributed by atoms with van der Waals surface area (Å²) in [5, 5.41) is 12.2. The van der Waals surface area contributed by atoms with E-state index in [1.807, 2.05) is 42.8 Å². The second kappa shape index (κ2) is 9.40. The number of rotatable bonds is 7. The van der Waals surface area contributed by atoms with Crippen molar-refractivity contribution in [2.24, 2.45) is 7.05 Å². The highest BCUT2D eigenvalue weighted by Crippen LogP contribution is 2.24. The van der Waals surface area contributed by atoms with Crippen LogP contribution in [0.25, 0.3) is 0 Å². The van der Waals surface area contributed by atoms with Gasteiger partial charge in [-0.15, -0.1) is 10.2 Å². The van der Waals surface area contributed by atoms with Crippen LogP contribution in [0.3, 0.4) is 0 Å². The maximum absolute atomic E-state index is 12.1. The molecule has 7 nitrogen and oxygen atoms in total. The second-order valence-corrected chi connectivity index (χ2v) is 8.11. The number of aromatic nitrogens is 4. The zero-order valence-electron chi connectivity index (χ0n) is 15.1. The summed E-state index contributed by atoms with van der Waals surface area (Å²) in [6.45, 7) is 1.90. The van der Waals surface area contributed by atoms with Crippen molar-refractivity contribution in [2.75, 3.05) is 11.1 Å². The molecule has 1 amide bonds. The summed E-state index contributed by atoms with van der Waals surface area (Å²) in [7, 11) is 1.85. The van der Waals surface area contributed by atoms with Crippen molar-refractivity contribution in [3.8, 4) is 5.75 Å². The van der Waals surface area contributed by atoms with E-state index in [1.165, 1.54) is 18.0 Å². The normalized spacial score (nSPS) is 11.9. The first-order valence-electron chi connectivity index (χ1n) is 8.28. The zero-order chi connectivity index (χ0) is 20.1. The monoisotopic (exact) mass is 481 g/mol. The van der Waals surface area contributed by atoms with E-state index in [4.69, 9.17) is 16.3 Å². The molecule has 1 unspecified atom stereocenters. The smallest absolute Gasteiger partial charge is 0.236 e. The van der Waals surface area contributed by atoms with Crippen molar-refractivity contribution in [3.05, 3.63) is 57.9 Å². The lowest BCUT2D eigenvalue weighted by Crippen LogP contribution is -2.15. The third-order valence-corrected chi connectivity index (χ3v) is 5.46. The minimum Gasteiger partial charge on any atom is -0.483 e. The number of carbonyl (C=O) groups is 1. The molecule has 3 rings (SSSR count). The zero-order valence-corrected chi connectivity index (χ0v) is 18.3. The Balaban J connectivity index is 1.57. The summed E-state index contributed by atoms with van der Waals surface area (Å²) < 4.78 is 8.72. The van der Waals surface area contributed by atoms with Gasteiger partial charge in [0.05, 0.1) is 10.8 Å². The number of nitrogens with zero attached hydrogens (tertiary/aromatic N) is 4. The van der Waals surface area contributed by atoms with Gasteiger partial charge in [0.25, 0.3) is 0 Å². The van der Waals surface area contributed by atoms with Gasteiger partial charge in [-0.3, -0.25) is 4.79 Å². The fourth-order valence-corrected chi connectivity index (χ4v) is 3.43. The molecule has 0 aliphatic rings. The van der Waals surface area contributed by atoms with Crippen LogP contribution in [0.4, 0.5) is 5.82 Å². The average Bonchev–Trinajstić information content (AvgIpc) is 3.04. The fraction of sp³-hybridized carbons (Fsp3) is 0.222. The van der Waals surface area contributed by atoms with Gasteiger partial charge in [0, 0.05) is 17.7 Å². The molecular weight excluding hydrogens is 466 g/mol.